The lowest BCUT2D eigenvalue weighted by Gasteiger charge is -1.98. The molecule has 2 N–H and O–H groups in total. The summed E-state index contributed by atoms with van der Waals surface area (Å²) >= 11 is 0. The predicted molar refractivity (Wildman–Crippen MR) is 75.8 cm³/mol. The second-order valence-electron chi connectivity index (χ2n) is 3.95. The van der Waals surface area contributed by atoms with E-state index in [2.05, 4.69) is 48.5 Å². The minimum atomic E-state index is -0.853. The molecular weight excluding hydrogens is 240 g/mol. The number of aliphatic hydroxyl groups excluding tert-OH is 1. The number of hydrogen-bond acceptors (Lipinski definition) is 2. The monoisotopic (exact) mass is 258 g/mol. The summed E-state index contributed by atoms with van der Waals surface area (Å²) in [5, 5.41) is 16.0. The second kappa shape index (κ2) is 8.89. The van der Waals surface area contributed by atoms with E-state index >= 15 is 0 Å². The molecule has 0 spiro atoms. The van der Waals surface area contributed by atoms with E-state index in [1.54, 1.807) is 0 Å². The van der Waals surface area contributed by atoms with Crippen molar-refractivity contribution >= 4 is 5.97 Å². The Morgan fingerprint density at radius 1 is 0.842 bits per heavy atom. The van der Waals surface area contributed by atoms with Gasteiger partial charge in [-0.15, -0.1) is 0 Å². The van der Waals surface area contributed by atoms with Crippen LogP contribution >= 0.6 is 0 Å². The van der Waals surface area contributed by atoms with Crippen LogP contribution in [0.2, 0.25) is 0 Å². The van der Waals surface area contributed by atoms with E-state index in [1.807, 2.05) is 12.1 Å². The van der Waals surface area contributed by atoms with Gasteiger partial charge in [-0.1, -0.05) is 60.7 Å². The largest absolute Gasteiger partial charge is 0.481 e. The summed E-state index contributed by atoms with van der Waals surface area (Å²) in [6.45, 7) is -0.0354. The molecule has 0 amide bonds. The van der Waals surface area contributed by atoms with E-state index in [-0.39, 0.29) is 13.0 Å². The van der Waals surface area contributed by atoms with Gasteiger partial charge >= 0.3 is 5.97 Å². The minimum Gasteiger partial charge on any atom is -0.481 e. The zero-order chi connectivity index (χ0) is 13.9. The average molecular weight is 258 g/mol. The fourth-order valence-electron chi connectivity index (χ4n) is 1.49. The Labute approximate surface area is 113 Å². The van der Waals surface area contributed by atoms with Crippen molar-refractivity contribution in [3.8, 4) is 11.1 Å². The lowest BCUT2D eigenvalue weighted by Crippen LogP contribution is -1.95. The number of benzene rings is 2. The number of hydrogen-bond donors (Lipinski definition) is 2. The highest BCUT2D eigenvalue weighted by atomic mass is 16.4. The summed E-state index contributed by atoms with van der Waals surface area (Å²) in [6, 6.07) is 20.8. The molecule has 0 saturated heterocycles. The molecule has 2 aromatic carbocycles. The lowest BCUT2D eigenvalue weighted by atomic mass is 10.1. The SMILES string of the molecule is O=C(O)CCCO.c1ccc(-c2ccccc2)cc1. The molecule has 0 aliphatic rings. The molecule has 0 fully saturated rings. The van der Waals surface area contributed by atoms with Crippen LogP contribution in [-0.2, 0) is 4.79 Å². The van der Waals surface area contributed by atoms with Crippen LogP contribution in [0.5, 0.6) is 0 Å². The van der Waals surface area contributed by atoms with Crippen molar-refractivity contribution in [2.75, 3.05) is 6.61 Å². The average Bonchev–Trinajstić information content (AvgIpc) is 2.47. The van der Waals surface area contributed by atoms with Crippen molar-refractivity contribution in [2.45, 2.75) is 12.8 Å². The third-order valence-electron chi connectivity index (χ3n) is 2.43. The van der Waals surface area contributed by atoms with Crippen molar-refractivity contribution in [3.05, 3.63) is 60.7 Å². The fraction of sp³-hybridized carbons (Fsp3) is 0.188. The summed E-state index contributed by atoms with van der Waals surface area (Å²) in [5.74, 6) is -0.853. The first-order chi connectivity index (χ1) is 9.24. The number of aliphatic carboxylic acids is 1. The van der Waals surface area contributed by atoms with Crippen LogP contribution in [0.25, 0.3) is 11.1 Å². The number of carboxylic acid groups (broad SMARTS) is 1. The molecule has 0 atom stereocenters. The van der Waals surface area contributed by atoms with E-state index in [0.29, 0.717) is 6.42 Å². The molecule has 19 heavy (non-hydrogen) atoms. The van der Waals surface area contributed by atoms with Crippen LogP contribution in [0.1, 0.15) is 12.8 Å². The second-order valence-corrected chi connectivity index (χ2v) is 3.95. The Bertz CT molecular complexity index is 428. The van der Waals surface area contributed by atoms with Crippen molar-refractivity contribution in [1.82, 2.24) is 0 Å². The highest BCUT2D eigenvalue weighted by Crippen LogP contribution is 2.17. The topological polar surface area (TPSA) is 57.5 Å². The summed E-state index contributed by atoms with van der Waals surface area (Å²) in [5.41, 5.74) is 2.55. The third kappa shape index (κ3) is 6.38. The van der Waals surface area contributed by atoms with Gasteiger partial charge in [-0.25, -0.2) is 0 Å². The Hall–Kier alpha value is -2.13. The number of rotatable bonds is 4. The number of aliphatic hydroxyl groups is 1. The molecular formula is C16H18O3. The molecule has 2 aromatic rings. The van der Waals surface area contributed by atoms with Gasteiger partial charge in [-0.05, 0) is 17.5 Å². The third-order valence-corrected chi connectivity index (χ3v) is 2.43. The van der Waals surface area contributed by atoms with E-state index in [1.165, 1.54) is 11.1 Å². The molecule has 0 heterocycles. The van der Waals surface area contributed by atoms with Crippen LogP contribution in [-0.4, -0.2) is 22.8 Å². The van der Waals surface area contributed by atoms with E-state index in [4.69, 9.17) is 10.2 Å². The maximum absolute atomic E-state index is 9.65. The van der Waals surface area contributed by atoms with Gasteiger partial charge in [-0.2, -0.15) is 0 Å². The van der Waals surface area contributed by atoms with E-state index < -0.39 is 5.97 Å². The molecule has 3 heteroatoms. The van der Waals surface area contributed by atoms with Crippen molar-refractivity contribution in [2.24, 2.45) is 0 Å². The molecule has 0 aliphatic carbocycles. The summed E-state index contributed by atoms with van der Waals surface area (Å²) in [7, 11) is 0. The van der Waals surface area contributed by atoms with Gasteiger partial charge in [0, 0.05) is 13.0 Å². The van der Waals surface area contributed by atoms with Crippen LogP contribution in [0, 0.1) is 0 Å². The zero-order valence-electron chi connectivity index (χ0n) is 10.7. The molecule has 0 aromatic heterocycles. The standard InChI is InChI=1S/C12H10.C4H8O3/c1-3-7-11(8-4-1)12-9-5-2-6-10-12;5-3-1-2-4(6)7/h1-10H;5H,1-3H2,(H,6,7). The number of carboxylic acids is 1. The Balaban J connectivity index is 0.000000224. The highest BCUT2D eigenvalue weighted by molar-refractivity contribution is 5.66. The lowest BCUT2D eigenvalue weighted by molar-refractivity contribution is -0.137. The molecule has 0 radical (unpaired) electrons. The smallest absolute Gasteiger partial charge is 0.303 e. The van der Waals surface area contributed by atoms with Crippen LogP contribution in [0.15, 0.2) is 60.7 Å². The normalized spacial score (nSPS) is 9.32. The molecule has 0 aliphatic heterocycles. The fourth-order valence-corrected chi connectivity index (χ4v) is 1.49. The Morgan fingerprint density at radius 2 is 1.26 bits per heavy atom. The van der Waals surface area contributed by atoms with Crippen molar-refractivity contribution in [3.63, 3.8) is 0 Å². The minimum absolute atomic E-state index is 0.0354. The first-order valence-corrected chi connectivity index (χ1v) is 6.17. The summed E-state index contributed by atoms with van der Waals surface area (Å²) in [6.07, 6.45) is 0.422. The number of carbonyl (C=O) groups is 1. The summed E-state index contributed by atoms with van der Waals surface area (Å²) < 4.78 is 0. The van der Waals surface area contributed by atoms with Gasteiger partial charge in [0.25, 0.3) is 0 Å². The Morgan fingerprint density at radius 3 is 1.53 bits per heavy atom. The molecule has 100 valence electrons. The van der Waals surface area contributed by atoms with Crippen LogP contribution in [0.3, 0.4) is 0 Å². The van der Waals surface area contributed by atoms with Crippen molar-refractivity contribution < 1.29 is 15.0 Å². The van der Waals surface area contributed by atoms with E-state index in [0.717, 1.165) is 0 Å². The Kier molecular flexibility index (Phi) is 6.98. The highest BCUT2D eigenvalue weighted by Gasteiger charge is 1.92. The quantitative estimate of drug-likeness (QED) is 0.885. The maximum Gasteiger partial charge on any atom is 0.303 e. The molecule has 0 bridgehead atoms. The zero-order valence-corrected chi connectivity index (χ0v) is 10.7. The van der Waals surface area contributed by atoms with Gasteiger partial charge in [0.1, 0.15) is 0 Å². The first-order valence-electron chi connectivity index (χ1n) is 6.17. The van der Waals surface area contributed by atoms with Crippen molar-refractivity contribution in [1.29, 1.82) is 0 Å². The first kappa shape index (κ1) is 14.9. The van der Waals surface area contributed by atoms with Gasteiger partial charge < -0.3 is 10.2 Å². The van der Waals surface area contributed by atoms with Gasteiger partial charge in [0.05, 0.1) is 0 Å². The van der Waals surface area contributed by atoms with Crippen LogP contribution < -0.4 is 0 Å². The van der Waals surface area contributed by atoms with Gasteiger partial charge in [0.2, 0.25) is 0 Å². The van der Waals surface area contributed by atoms with Crippen LogP contribution in [0.4, 0.5) is 0 Å². The molecule has 0 saturated carbocycles. The maximum atomic E-state index is 9.65. The van der Waals surface area contributed by atoms with Gasteiger partial charge in [0.15, 0.2) is 0 Å². The van der Waals surface area contributed by atoms with E-state index in [9.17, 15) is 4.79 Å². The molecule has 2 rings (SSSR count). The van der Waals surface area contributed by atoms with Gasteiger partial charge in [-0.3, -0.25) is 4.79 Å². The molecule has 3 nitrogen and oxygen atoms in total. The predicted octanol–water partition coefficient (Wildman–Crippen LogP) is 3.20. The molecule has 0 unspecified atom stereocenters. The summed E-state index contributed by atoms with van der Waals surface area (Å²) in [4.78, 5) is 9.65.